The van der Waals surface area contributed by atoms with Crippen molar-refractivity contribution < 1.29 is 9.53 Å². The second kappa shape index (κ2) is 4.33. The van der Waals surface area contributed by atoms with E-state index in [0.29, 0.717) is 0 Å². The van der Waals surface area contributed by atoms with Crippen molar-refractivity contribution in [3.05, 3.63) is 21.9 Å². The molecule has 1 fully saturated rings. The number of aryl methyl sites for hydroxylation is 1. The molecule has 0 aliphatic carbocycles. The van der Waals surface area contributed by atoms with E-state index in [1.165, 1.54) is 16.9 Å². The van der Waals surface area contributed by atoms with Crippen molar-refractivity contribution in [3.8, 4) is 0 Å². The molecule has 1 aliphatic heterocycles. The van der Waals surface area contributed by atoms with E-state index in [4.69, 9.17) is 4.74 Å². The first-order chi connectivity index (χ1) is 7.22. The number of esters is 1. The van der Waals surface area contributed by atoms with Crippen molar-refractivity contribution in [2.45, 2.75) is 12.8 Å². The van der Waals surface area contributed by atoms with Gasteiger partial charge in [-0.2, -0.15) is 0 Å². The Bertz CT molecular complexity index is 361. The van der Waals surface area contributed by atoms with Gasteiger partial charge in [-0.3, -0.25) is 4.79 Å². The minimum Gasteiger partial charge on any atom is -0.469 e. The molecule has 15 heavy (non-hydrogen) atoms. The van der Waals surface area contributed by atoms with Crippen molar-refractivity contribution in [1.29, 1.82) is 0 Å². The van der Waals surface area contributed by atoms with Crippen molar-refractivity contribution in [1.82, 2.24) is 5.32 Å². The lowest BCUT2D eigenvalue weighted by atomic mass is 9.95. The zero-order valence-corrected chi connectivity index (χ0v) is 9.76. The molecule has 0 saturated carbocycles. The molecular formula is C11H15NO2S. The Morgan fingerprint density at radius 1 is 1.53 bits per heavy atom. The Morgan fingerprint density at radius 2 is 2.33 bits per heavy atom. The lowest BCUT2D eigenvalue weighted by Gasteiger charge is -2.14. The van der Waals surface area contributed by atoms with Crippen molar-refractivity contribution in [3.63, 3.8) is 0 Å². The van der Waals surface area contributed by atoms with Crippen LogP contribution in [0.3, 0.4) is 0 Å². The lowest BCUT2D eigenvalue weighted by Crippen LogP contribution is -2.22. The molecule has 4 heteroatoms. The highest BCUT2D eigenvalue weighted by molar-refractivity contribution is 7.12. The summed E-state index contributed by atoms with van der Waals surface area (Å²) in [6, 6.07) is 4.22. The highest BCUT2D eigenvalue weighted by atomic mass is 32.1. The topological polar surface area (TPSA) is 38.3 Å². The number of rotatable bonds is 2. The predicted molar refractivity (Wildman–Crippen MR) is 60.2 cm³/mol. The number of hydrogen-bond donors (Lipinski definition) is 1. The van der Waals surface area contributed by atoms with E-state index < -0.39 is 0 Å². The van der Waals surface area contributed by atoms with Crippen LogP contribution in [0.5, 0.6) is 0 Å². The van der Waals surface area contributed by atoms with Gasteiger partial charge in [0.2, 0.25) is 0 Å². The highest BCUT2D eigenvalue weighted by Gasteiger charge is 2.35. The van der Waals surface area contributed by atoms with Crippen LogP contribution in [0.1, 0.15) is 15.7 Å². The molecule has 2 rings (SSSR count). The SMILES string of the molecule is COC(=O)[C@@H]1CNC[C@@H]1c1ccc(C)s1. The molecule has 0 aromatic carbocycles. The third kappa shape index (κ3) is 2.06. The van der Waals surface area contributed by atoms with E-state index in [1.807, 2.05) is 0 Å². The van der Waals surface area contributed by atoms with Crippen LogP contribution in [0.4, 0.5) is 0 Å². The summed E-state index contributed by atoms with van der Waals surface area (Å²) in [5.74, 6) is 0.167. The van der Waals surface area contributed by atoms with Gasteiger partial charge in [-0.15, -0.1) is 11.3 Å². The maximum absolute atomic E-state index is 11.5. The van der Waals surface area contributed by atoms with Crippen molar-refractivity contribution >= 4 is 17.3 Å². The van der Waals surface area contributed by atoms with Crippen molar-refractivity contribution in [2.24, 2.45) is 5.92 Å². The van der Waals surface area contributed by atoms with E-state index in [0.717, 1.165) is 13.1 Å². The molecule has 0 amide bonds. The van der Waals surface area contributed by atoms with Gasteiger partial charge >= 0.3 is 5.97 Å². The minimum atomic E-state index is -0.101. The molecule has 0 spiro atoms. The number of carbonyl (C=O) groups excluding carboxylic acids is 1. The fraction of sp³-hybridized carbons (Fsp3) is 0.545. The molecule has 3 nitrogen and oxygen atoms in total. The summed E-state index contributed by atoms with van der Waals surface area (Å²) in [5.41, 5.74) is 0. The average molecular weight is 225 g/mol. The maximum Gasteiger partial charge on any atom is 0.310 e. The molecule has 1 aliphatic rings. The second-order valence-corrected chi connectivity index (χ2v) is 5.16. The van der Waals surface area contributed by atoms with Crippen LogP contribution in [0.25, 0.3) is 0 Å². The Hall–Kier alpha value is -0.870. The summed E-state index contributed by atoms with van der Waals surface area (Å²) in [7, 11) is 1.46. The van der Waals surface area contributed by atoms with Gasteiger partial charge in [-0.25, -0.2) is 0 Å². The minimum absolute atomic E-state index is 0.0203. The van der Waals surface area contributed by atoms with E-state index >= 15 is 0 Å². The number of carbonyl (C=O) groups is 1. The molecule has 2 atom stereocenters. The van der Waals surface area contributed by atoms with Crippen LogP contribution in [0, 0.1) is 12.8 Å². The largest absolute Gasteiger partial charge is 0.469 e. The fourth-order valence-corrected chi connectivity index (χ4v) is 3.07. The van der Waals surface area contributed by atoms with Gasteiger partial charge in [-0.1, -0.05) is 0 Å². The quantitative estimate of drug-likeness (QED) is 0.776. The number of methoxy groups -OCH3 is 1. The highest BCUT2D eigenvalue weighted by Crippen LogP contribution is 2.33. The molecule has 82 valence electrons. The fourth-order valence-electron chi connectivity index (χ4n) is 2.03. The van der Waals surface area contributed by atoms with Crippen LogP contribution in [-0.4, -0.2) is 26.2 Å². The predicted octanol–water partition coefficient (Wildman–Crippen LogP) is 1.53. The van der Waals surface area contributed by atoms with Crippen LogP contribution >= 0.6 is 11.3 Å². The third-order valence-corrected chi connectivity index (χ3v) is 3.98. The summed E-state index contributed by atoms with van der Waals surface area (Å²) in [6.45, 7) is 3.69. The first-order valence-corrected chi connectivity index (χ1v) is 5.89. The van der Waals surface area contributed by atoms with Gasteiger partial charge in [0.25, 0.3) is 0 Å². The lowest BCUT2D eigenvalue weighted by molar-refractivity contribution is -0.145. The van der Waals surface area contributed by atoms with Crippen LogP contribution < -0.4 is 5.32 Å². The second-order valence-electron chi connectivity index (χ2n) is 3.84. The first kappa shape index (κ1) is 10.6. The Kier molecular flexibility index (Phi) is 3.07. The summed E-state index contributed by atoms with van der Waals surface area (Å²) in [5, 5.41) is 3.25. The van der Waals surface area contributed by atoms with Gasteiger partial charge in [0, 0.05) is 28.8 Å². The number of nitrogens with one attached hydrogen (secondary N) is 1. The summed E-state index contributed by atoms with van der Waals surface area (Å²) >= 11 is 1.77. The molecule has 1 N–H and O–H groups in total. The first-order valence-electron chi connectivity index (χ1n) is 5.07. The normalized spacial score (nSPS) is 25.5. The Balaban J connectivity index is 2.18. The van der Waals surface area contributed by atoms with Crippen molar-refractivity contribution in [2.75, 3.05) is 20.2 Å². The molecule has 1 aromatic heterocycles. The van der Waals surface area contributed by atoms with Gasteiger partial charge < -0.3 is 10.1 Å². The monoisotopic (exact) mass is 225 g/mol. The molecular weight excluding hydrogens is 210 g/mol. The van der Waals surface area contributed by atoms with Crippen LogP contribution in [0.15, 0.2) is 12.1 Å². The number of hydrogen-bond acceptors (Lipinski definition) is 4. The molecule has 0 unspecified atom stereocenters. The van der Waals surface area contributed by atoms with E-state index in [9.17, 15) is 4.79 Å². The summed E-state index contributed by atoms with van der Waals surface area (Å²) in [4.78, 5) is 14.1. The smallest absolute Gasteiger partial charge is 0.310 e. The van der Waals surface area contributed by atoms with E-state index in [-0.39, 0.29) is 17.8 Å². The number of thiophene rings is 1. The maximum atomic E-state index is 11.5. The van der Waals surface area contributed by atoms with Crippen LogP contribution in [-0.2, 0) is 9.53 Å². The van der Waals surface area contributed by atoms with Crippen LogP contribution in [0.2, 0.25) is 0 Å². The zero-order valence-electron chi connectivity index (χ0n) is 8.95. The number of ether oxygens (including phenoxy) is 1. The third-order valence-electron chi connectivity index (χ3n) is 2.84. The van der Waals surface area contributed by atoms with Gasteiger partial charge in [0.05, 0.1) is 13.0 Å². The average Bonchev–Trinajstić information content (AvgIpc) is 2.84. The van der Waals surface area contributed by atoms with Gasteiger partial charge in [0.1, 0.15) is 0 Å². The van der Waals surface area contributed by atoms with E-state index in [2.05, 4.69) is 24.4 Å². The summed E-state index contributed by atoms with van der Waals surface area (Å²) in [6.07, 6.45) is 0. The van der Waals surface area contributed by atoms with Gasteiger partial charge in [-0.05, 0) is 19.1 Å². The molecule has 1 saturated heterocycles. The molecule has 0 radical (unpaired) electrons. The summed E-state index contributed by atoms with van der Waals surface area (Å²) < 4.78 is 4.82. The Morgan fingerprint density at radius 3 is 2.93 bits per heavy atom. The van der Waals surface area contributed by atoms with E-state index in [1.54, 1.807) is 11.3 Å². The standard InChI is InChI=1S/C11H15NO2S/c1-7-3-4-10(15-7)8-5-12-6-9(8)11(13)14-2/h3-4,8-9,12H,5-6H2,1-2H3/t8-,9+/m0/s1. The Labute approximate surface area is 93.4 Å². The molecule has 0 bridgehead atoms. The molecule has 2 heterocycles. The van der Waals surface area contributed by atoms with Gasteiger partial charge in [0.15, 0.2) is 0 Å². The molecule has 1 aromatic rings. The zero-order chi connectivity index (χ0) is 10.8.